The van der Waals surface area contributed by atoms with Gasteiger partial charge in [0, 0.05) is 42.8 Å². The maximum atomic E-state index is 13.8. The Hall–Kier alpha value is -1.89. The molecule has 0 aromatic heterocycles. The van der Waals surface area contributed by atoms with Crippen molar-refractivity contribution >= 4 is 34.0 Å². The molecular formula is C21H28BrFN2O3. The normalized spacial score (nSPS) is 15.7. The van der Waals surface area contributed by atoms with Crippen molar-refractivity contribution < 1.29 is 18.7 Å². The quantitative estimate of drug-likeness (QED) is 0.619. The van der Waals surface area contributed by atoms with E-state index in [1.807, 2.05) is 20.8 Å². The molecular weight excluding hydrogens is 427 g/mol. The van der Waals surface area contributed by atoms with Gasteiger partial charge in [0.15, 0.2) is 0 Å². The first-order valence-corrected chi connectivity index (χ1v) is 10.2. The molecule has 1 aliphatic heterocycles. The third kappa shape index (κ3) is 6.93. The minimum atomic E-state index is -0.513. The van der Waals surface area contributed by atoms with E-state index in [1.165, 1.54) is 18.2 Å². The Kier molecular flexibility index (Phi) is 7.63. The Morgan fingerprint density at radius 2 is 1.96 bits per heavy atom. The highest BCUT2D eigenvalue weighted by atomic mass is 79.9. The van der Waals surface area contributed by atoms with Crippen molar-refractivity contribution in [2.24, 2.45) is 5.92 Å². The lowest BCUT2D eigenvalue weighted by Crippen LogP contribution is -2.42. The summed E-state index contributed by atoms with van der Waals surface area (Å²) < 4.78 is 19.9. The number of nitrogens with zero attached hydrogens (tertiary/aromatic N) is 2. The van der Waals surface area contributed by atoms with Crippen LogP contribution in [0.3, 0.4) is 0 Å². The summed E-state index contributed by atoms with van der Waals surface area (Å²) in [6.07, 6.45) is 4.23. The molecule has 2 amide bonds. The van der Waals surface area contributed by atoms with Crippen LogP contribution in [0.15, 0.2) is 28.7 Å². The van der Waals surface area contributed by atoms with Gasteiger partial charge in [-0.25, -0.2) is 9.18 Å². The molecule has 1 saturated heterocycles. The molecule has 5 nitrogen and oxygen atoms in total. The summed E-state index contributed by atoms with van der Waals surface area (Å²) >= 11 is 3.30. The Bertz CT molecular complexity index is 738. The second-order valence-electron chi connectivity index (χ2n) is 8.13. The lowest BCUT2D eigenvalue weighted by atomic mass is 9.96. The lowest BCUT2D eigenvalue weighted by molar-refractivity contribution is -0.127. The zero-order chi connectivity index (χ0) is 20.9. The van der Waals surface area contributed by atoms with Gasteiger partial charge in [0.2, 0.25) is 5.91 Å². The van der Waals surface area contributed by atoms with E-state index < -0.39 is 5.60 Å². The molecule has 1 aromatic carbocycles. The van der Waals surface area contributed by atoms with E-state index in [0.29, 0.717) is 31.1 Å². The third-order valence-electron chi connectivity index (χ3n) is 4.53. The van der Waals surface area contributed by atoms with Gasteiger partial charge in [-0.05, 0) is 63.8 Å². The van der Waals surface area contributed by atoms with Crippen LogP contribution in [0.4, 0.5) is 9.18 Å². The zero-order valence-electron chi connectivity index (χ0n) is 16.9. The number of benzene rings is 1. The summed E-state index contributed by atoms with van der Waals surface area (Å²) in [4.78, 5) is 27.8. The minimum absolute atomic E-state index is 0.127. The van der Waals surface area contributed by atoms with Crippen molar-refractivity contribution in [3.63, 3.8) is 0 Å². The molecule has 28 heavy (non-hydrogen) atoms. The predicted octanol–water partition coefficient (Wildman–Crippen LogP) is 4.71. The van der Waals surface area contributed by atoms with Gasteiger partial charge in [-0.2, -0.15) is 0 Å². The number of ether oxygens (including phenoxy) is 1. The van der Waals surface area contributed by atoms with E-state index in [2.05, 4.69) is 15.9 Å². The van der Waals surface area contributed by atoms with Gasteiger partial charge in [-0.15, -0.1) is 0 Å². The fourth-order valence-electron chi connectivity index (χ4n) is 3.05. The Labute approximate surface area is 174 Å². The van der Waals surface area contributed by atoms with Crippen molar-refractivity contribution in [3.8, 4) is 0 Å². The molecule has 0 saturated carbocycles. The van der Waals surface area contributed by atoms with Gasteiger partial charge in [0.1, 0.15) is 11.4 Å². The van der Waals surface area contributed by atoms with Crippen LogP contribution in [0.25, 0.3) is 6.08 Å². The van der Waals surface area contributed by atoms with E-state index in [1.54, 1.807) is 29.0 Å². The van der Waals surface area contributed by atoms with Gasteiger partial charge in [0.05, 0.1) is 0 Å². The summed E-state index contributed by atoms with van der Waals surface area (Å²) in [5.74, 6) is -0.164. The number of hydrogen-bond donors (Lipinski definition) is 0. The summed E-state index contributed by atoms with van der Waals surface area (Å²) in [5.41, 5.74) is -0.141. The summed E-state index contributed by atoms with van der Waals surface area (Å²) in [7, 11) is 1.74. The van der Waals surface area contributed by atoms with E-state index in [9.17, 15) is 14.0 Å². The fraction of sp³-hybridized carbons (Fsp3) is 0.524. The van der Waals surface area contributed by atoms with Gasteiger partial charge in [-0.1, -0.05) is 15.9 Å². The van der Waals surface area contributed by atoms with Gasteiger partial charge in [0.25, 0.3) is 0 Å². The standard InChI is InChI=1S/C21H28BrFN2O3/c1-21(2,3)28-20(27)24(4)14-15-9-11-25(12-10-15)19(26)8-5-16-13-17(22)6-7-18(16)23/h5-8,13,15H,9-12,14H2,1-4H3. The van der Waals surface area contributed by atoms with E-state index >= 15 is 0 Å². The molecule has 1 aromatic rings. The number of carbonyl (C=O) groups is 2. The average Bonchev–Trinajstić information content (AvgIpc) is 2.61. The van der Waals surface area contributed by atoms with Crippen LogP contribution < -0.4 is 0 Å². The van der Waals surface area contributed by atoms with E-state index in [0.717, 1.165) is 17.3 Å². The molecule has 0 bridgehead atoms. The molecule has 0 spiro atoms. The fourth-order valence-corrected chi connectivity index (χ4v) is 3.43. The van der Waals surface area contributed by atoms with E-state index in [-0.39, 0.29) is 17.8 Å². The van der Waals surface area contributed by atoms with Crippen LogP contribution in [-0.2, 0) is 9.53 Å². The number of halogens is 2. The van der Waals surface area contributed by atoms with Crippen molar-refractivity contribution in [2.75, 3.05) is 26.7 Å². The number of amides is 2. The van der Waals surface area contributed by atoms with E-state index in [4.69, 9.17) is 4.74 Å². The lowest BCUT2D eigenvalue weighted by Gasteiger charge is -2.34. The number of carbonyl (C=O) groups excluding carboxylic acids is 2. The molecule has 0 radical (unpaired) electrons. The highest BCUT2D eigenvalue weighted by molar-refractivity contribution is 9.10. The molecule has 1 heterocycles. The molecule has 0 atom stereocenters. The van der Waals surface area contributed by atoms with Crippen LogP contribution in [0.2, 0.25) is 0 Å². The summed E-state index contributed by atoms with van der Waals surface area (Å²) in [5, 5.41) is 0. The smallest absolute Gasteiger partial charge is 0.410 e. The topological polar surface area (TPSA) is 49.9 Å². The summed E-state index contributed by atoms with van der Waals surface area (Å²) in [6, 6.07) is 4.62. The average molecular weight is 455 g/mol. The van der Waals surface area contributed by atoms with Crippen molar-refractivity contribution in [2.45, 2.75) is 39.2 Å². The third-order valence-corrected chi connectivity index (χ3v) is 5.02. The van der Waals surface area contributed by atoms with Gasteiger partial charge < -0.3 is 14.5 Å². The number of likely N-dealkylation sites (tertiary alicyclic amines) is 1. The van der Waals surface area contributed by atoms with Gasteiger partial charge in [-0.3, -0.25) is 4.79 Å². The molecule has 1 aliphatic rings. The largest absolute Gasteiger partial charge is 0.444 e. The molecule has 0 unspecified atom stereocenters. The number of piperidine rings is 1. The van der Waals surface area contributed by atoms with Crippen LogP contribution in [0, 0.1) is 11.7 Å². The maximum absolute atomic E-state index is 13.8. The Morgan fingerprint density at radius 3 is 2.57 bits per heavy atom. The minimum Gasteiger partial charge on any atom is -0.444 e. The van der Waals surface area contributed by atoms with Crippen molar-refractivity contribution in [3.05, 3.63) is 40.1 Å². The van der Waals surface area contributed by atoms with Crippen LogP contribution >= 0.6 is 15.9 Å². The second kappa shape index (κ2) is 9.54. The predicted molar refractivity (Wildman–Crippen MR) is 111 cm³/mol. The van der Waals surface area contributed by atoms with Crippen LogP contribution in [0.5, 0.6) is 0 Å². The van der Waals surface area contributed by atoms with Crippen molar-refractivity contribution in [1.29, 1.82) is 0 Å². The maximum Gasteiger partial charge on any atom is 0.410 e. The first kappa shape index (κ1) is 22.4. The summed E-state index contributed by atoms with van der Waals surface area (Å²) in [6.45, 7) is 7.38. The Balaban J connectivity index is 1.83. The monoisotopic (exact) mass is 454 g/mol. The molecule has 0 aliphatic carbocycles. The molecule has 1 fully saturated rings. The Morgan fingerprint density at radius 1 is 1.32 bits per heavy atom. The SMILES string of the molecule is CN(CC1CCN(C(=O)C=Cc2cc(Br)ccc2F)CC1)C(=O)OC(C)(C)C. The number of hydrogen-bond acceptors (Lipinski definition) is 3. The van der Waals surface area contributed by atoms with Crippen LogP contribution in [0.1, 0.15) is 39.2 Å². The first-order valence-electron chi connectivity index (χ1n) is 9.41. The molecule has 0 N–H and O–H groups in total. The molecule has 2 rings (SSSR count). The highest BCUT2D eigenvalue weighted by Gasteiger charge is 2.26. The van der Waals surface area contributed by atoms with Crippen molar-refractivity contribution in [1.82, 2.24) is 9.80 Å². The van der Waals surface area contributed by atoms with Crippen LogP contribution in [-0.4, -0.2) is 54.1 Å². The molecule has 154 valence electrons. The first-order chi connectivity index (χ1) is 13.0. The zero-order valence-corrected chi connectivity index (χ0v) is 18.5. The highest BCUT2D eigenvalue weighted by Crippen LogP contribution is 2.21. The second-order valence-corrected chi connectivity index (χ2v) is 9.04. The van der Waals surface area contributed by atoms with Gasteiger partial charge >= 0.3 is 6.09 Å². The number of rotatable bonds is 4. The molecule has 7 heteroatoms.